The Balaban J connectivity index is 0.000000454. The van der Waals surface area contributed by atoms with Crippen LogP contribution in [-0.2, 0) is 11.2 Å². The Bertz CT molecular complexity index is 1050. The smallest absolute Gasteiger partial charge is 0.446 e. The normalized spacial score (nSPS) is 15.5. The second kappa shape index (κ2) is 10.9. The van der Waals surface area contributed by atoms with Crippen molar-refractivity contribution in [1.29, 1.82) is 0 Å². The molecule has 0 saturated carbocycles. The molecule has 3 aromatic rings. The van der Waals surface area contributed by atoms with E-state index in [0.29, 0.717) is 5.95 Å². The summed E-state index contributed by atoms with van der Waals surface area (Å²) < 4.78 is 52.9. The van der Waals surface area contributed by atoms with Gasteiger partial charge in [-0.2, -0.15) is 18.2 Å². The van der Waals surface area contributed by atoms with Crippen molar-refractivity contribution in [3.63, 3.8) is 0 Å². The van der Waals surface area contributed by atoms with Crippen molar-refractivity contribution in [3.05, 3.63) is 54.5 Å². The molecular weight excluding hydrogens is 444 g/mol. The zero-order valence-corrected chi connectivity index (χ0v) is 17.6. The molecule has 0 spiro atoms. The van der Waals surface area contributed by atoms with Crippen LogP contribution in [0.3, 0.4) is 0 Å². The number of nitrogens with one attached hydrogen (secondary N) is 2. The van der Waals surface area contributed by atoms with Crippen LogP contribution in [-0.4, -0.2) is 51.2 Å². The van der Waals surface area contributed by atoms with Crippen LogP contribution in [0.2, 0.25) is 0 Å². The van der Waals surface area contributed by atoms with E-state index < -0.39 is 18.3 Å². The number of aryl methyl sites for hydroxylation is 1. The highest BCUT2D eigenvalue weighted by molar-refractivity contribution is 5.58. The molecule has 0 bridgehead atoms. The molecule has 1 saturated heterocycles. The number of hydrogen-bond donors (Lipinski definition) is 2. The summed E-state index contributed by atoms with van der Waals surface area (Å²) in [5.74, 6) is 0.744. The number of carbonyl (C=O) groups is 1. The Hall–Kier alpha value is -3.54. The van der Waals surface area contributed by atoms with Crippen LogP contribution in [0.4, 0.5) is 29.2 Å². The third kappa shape index (κ3) is 7.24. The van der Waals surface area contributed by atoms with Gasteiger partial charge in [0.2, 0.25) is 12.2 Å². The van der Waals surface area contributed by atoms with E-state index in [4.69, 9.17) is 9.53 Å². The van der Waals surface area contributed by atoms with Gasteiger partial charge in [0.1, 0.15) is 18.2 Å². The summed E-state index contributed by atoms with van der Waals surface area (Å²) in [6.07, 6.45) is 2.19. The van der Waals surface area contributed by atoms with Gasteiger partial charge in [0.25, 0.3) is 0 Å². The quantitative estimate of drug-likeness (QED) is 0.424. The van der Waals surface area contributed by atoms with Gasteiger partial charge in [-0.05, 0) is 37.1 Å². The highest BCUT2D eigenvalue weighted by Crippen LogP contribution is 2.25. The van der Waals surface area contributed by atoms with Crippen molar-refractivity contribution in [2.45, 2.75) is 32.0 Å². The first-order chi connectivity index (χ1) is 15.8. The van der Waals surface area contributed by atoms with E-state index in [9.17, 15) is 17.6 Å². The summed E-state index contributed by atoms with van der Waals surface area (Å²) in [6.45, 7) is 3.92. The lowest BCUT2D eigenvalue weighted by Gasteiger charge is -2.15. The second-order valence-corrected chi connectivity index (χ2v) is 7.07. The van der Waals surface area contributed by atoms with Gasteiger partial charge in [-0.25, -0.2) is 14.4 Å². The first kappa shape index (κ1) is 24.1. The van der Waals surface area contributed by atoms with Gasteiger partial charge < -0.3 is 15.4 Å². The number of alkyl halides is 3. The molecule has 0 aliphatic carbocycles. The van der Waals surface area contributed by atoms with E-state index in [1.165, 1.54) is 10.9 Å². The molecule has 0 radical (unpaired) electrons. The van der Waals surface area contributed by atoms with E-state index in [2.05, 4.69) is 32.5 Å². The fourth-order valence-corrected chi connectivity index (χ4v) is 3.04. The number of halogens is 4. The van der Waals surface area contributed by atoms with Crippen molar-refractivity contribution < 1.29 is 27.1 Å². The zero-order valence-electron chi connectivity index (χ0n) is 17.6. The number of hydrogen-bond acceptors (Lipinski definition) is 7. The monoisotopic (exact) mass is 466 g/mol. The summed E-state index contributed by atoms with van der Waals surface area (Å²) in [5.41, 5.74) is 1.94. The molecule has 12 heteroatoms. The van der Waals surface area contributed by atoms with Crippen molar-refractivity contribution >= 4 is 17.9 Å². The number of aldehydes is 1. The standard InChI is InChI=1S/C19H21FN6O.C2HF3O/c1-2-13-7-14(9-16(8-13)27-15-3-4-21-10-15)24-19-23-11-17(20)18(25-19)26-6-5-22-12-26;3-2(4,5)1-6/h5-9,11-12,15,21H,2-4,10H2,1H3,(H,23,24,25);1H. The fourth-order valence-electron chi connectivity index (χ4n) is 3.04. The molecule has 4 rings (SSSR count). The molecule has 0 amide bonds. The number of rotatable bonds is 6. The highest BCUT2D eigenvalue weighted by Gasteiger charge is 2.25. The number of aromatic nitrogens is 4. The Morgan fingerprint density at radius 3 is 2.73 bits per heavy atom. The Labute approximate surface area is 187 Å². The number of imidazole rings is 1. The predicted octanol–water partition coefficient (Wildman–Crippen LogP) is 3.60. The maximum Gasteiger partial charge on any atom is 0.446 e. The van der Waals surface area contributed by atoms with Gasteiger partial charge >= 0.3 is 6.18 Å². The Morgan fingerprint density at radius 1 is 1.33 bits per heavy atom. The van der Waals surface area contributed by atoms with E-state index in [1.807, 2.05) is 18.2 Å². The number of carbonyl (C=O) groups excluding carboxylic acids is 1. The van der Waals surface area contributed by atoms with Crippen LogP contribution < -0.4 is 15.4 Å². The third-order valence-electron chi connectivity index (χ3n) is 4.56. The molecule has 8 nitrogen and oxygen atoms in total. The summed E-state index contributed by atoms with van der Waals surface area (Å²) in [6, 6.07) is 5.98. The minimum Gasteiger partial charge on any atom is -0.489 e. The van der Waals surface area contributed by atoms with Gasteiger partial charge in [-0.15, -0.1) is 0 Å². The molecular formula is C21H22F4N6O2. The van der Waals surface area contributed by atoms with Crippen LogP contribution in [0.15, 0.2) is 43.1 Å². The van der Waals surface area contributed by atoms with E-state index in [0.717, 1.165) is 49.1 Å². The Morgan fingerprint density at radius 2 is 2.12 bits per heavy atom. The second-order valence-electron chi connectivity index (χ2n) is 7.07. The Kier molecular flexibility index (Phi) is 7.93. The van der Waals surface area contributed by atoms with Crippen molar-refractivity contribution in [2.24, 2.45) is 0 Å². The number of ether oxygens (including phenoxy) is 1. The van der Waals surface area contributed by atoms with Gasteiger partial charge in [0.05, 0.1) is 6.20 Å². The summed E-state index contributed by atoms with van der Waals surface area (Å²) in [7, 11) is 0. The maximum atomic E-state index is 14.1. The van der Waals surface area contributed by atoms with Crippen LogP contribution in [0, 0.1) is 5.82 Å². The first-order valence-corrected chi connectivity index (χ1v) is 10.1. The molecule has 2 aromatic heterocycles. The minimum atomic E-state index is -4.64. The lowest BCUT2D eigenvalue weighted by atomic mass is 10.1. The SMILES string of the molecule is CCc1cc(Nc2ncc(F)c(-n3ccnc3)n2)cc(OC2CCNC2)c1.O=CC(F)(F)F. The zero-order chi connectivity index (χ0) is 23.8. The average Bonchev–Trinajstić information content (AvgIpc) is 3.49. The molecule has 33 heavy (non-hydrogen) atoms. The topological polar surface area (TPSA) is 94.0 Å². The third-order valence-corrected chi connectivity index (χ3v) is 4.56. The lowest BCUT2D eigenvalue weighted by molar-refractivity contribution is -0.156. The highest BCUT2D eigenvalue weighted by atomic mass is 19.4. The molecule has 3 heterocycles. The molecule has 176 valence electrons. The van der Waals surface area contributed by atoms with Crippen molar-refractivity contribution in [2.75, 3.05) is 18.4 Å². The molecule has 1 aliphatic rings. The molecule has 1 aliphatic heterocycles. The lowest BCUT2D eigenvalue weighted by Crippen LogP contribution is -2.19. The van der Waals surface area contributed by atoms with Crippen molar-refractivity contribution in [1.82, 2.24) is 24.8 Å². The number of benzene rings is 1. The molecule has 1 fully saturated rings. The largest absolute Gasteiger partial charge is 0.489 e. The predicted molar refractivity (Wildman–Crippen MR) is 112 cm³/mol. The summed E-state index contributed by atoms with van der Waals surface area (Å²) in [5, 5.41) is 6.45. The van der Waals surface area contributed by atoms with Crippen LogP contribution in [0.1, 0.15) is 18.9 Å². The van der Waals surface area contributed by atoms with Gasteiger partial charge in [-0.1, -0.05) is 6.92 Å². The molecule has 1 atom stereocenters. The van der Waals surface area contributed by atoms with Crippen LogP contribution >= 0.6 is 0 Å². The maximum absolute atomic E-state index is 14.1. The minimum absolute atomic E-state index is 0.144. The summed E-state index contributed by atoms with van der Waals surface area (Å²) >= 11 is 0. The van der Waals surface area contributed by atoms with Crippen LogP contribution in [0.25, 0.3) is 5.82 Å². The van der Waals surface area contributed by atoms with Crippen molar-refractivity contribution in [3.8, 4) is 11.6 Å². The van der Waals surface area contributed by atoms with E-state index in [-0.39, 0.29) is 11.9 Å². The first-order valence-electron chi connectivity index (χ1n) is 10.1. The number of nitrogens with zero attached hydrogens (tertiary/aromatic N) is 4. The number of anilines is 2. The molecule has 1 unspecified atom stereocenters. The van der Waals surface area contributed by atoms with E-state index >= 15 is 0 Å². The molecule has 2 N–H and O–H groups in total. The van der Waals surface area contributed by atoms with Gasteiger partial charge in [0, 0.05) is 30.7 Å². The van der Waals surface area contributed by atoms with Crippen LogP contribution in [0.5, 0.6) is 5.75 Å². The fraction of sp³-hybridized carbons (Fsp3) is 0.333. The molecule has 1 aromatic carbocycles. The van der Waals surface area contributed by atoms with E-state index in [1.54, 1.807) is 12.4 Å². The van der Waals surface area contributed by atoms with Gasteiger partial charge in [-0.3, -0.25) is 9.36 Å². The van der Waals surface area contributed by atoms with Gasteiger partial charge in [0.15, 0.2) is 11.6 Å². The summed E-state index contributed by atoms with van der Waals surface area (Å²) in [4.78, 5) is 21.0. The average molecular weight is 466 g/mol.